The van der Waals surface area contributed by atoms with E-state index in [1.807, 2.05) is 6.07 Å². The molecule has 0 spiro atoms. The third-order valence-electron chi connectivity index (χ3n) is 3.90. The molecule has 2 nitrogen and oxygen atoms in total. The van der Waals surface area contributed by atoms with Crippen molar-refractivity contribution in [3.63, 3.8) is 0 Å². The second kappa shape index (κ2) is 5.40. The molecule has 0 saturated heterocycles. The van der Waals surface area contributed by atoms with Gasteiger partial charge in [-0.05, 0) is 30.0 Å². The molecule has 1 unspecified atom stereocenters. The van der Waals surface area contributed by atoms with E-state index in [1.54, 1.807) is 0 Å². The van der Waals surface area contributed by atoms with Gasteiger partial charge in [-0.1, -0.05) is 25.3 Å². The van der Waals surface area contributed by atoms with Gasteiger partial charge in [0, 0.05) is 6.42 Å². The smallest absolute Gasteiger partial charge is 0.161 e. The minimum Gasteiger partial charge on any atom is -0.490 e. The zero-order chi connectivity index (χ0) is 12.4. The van der Waals surface area contributed by atoms with Crippen molar-refractivity contribution in [2.45, 2.75) is 37.5 Å². The summed E-state index contributed by atoms with van der Waals surface area (Å²) < 4.78 is 11.3. The van der Waals surface area contributed by atoms with Gasteiger partial charge in [-0.15, -0.1) is 11.6 Å². The fourth-order valence-electron chi connectivity index (χ4n) is 2.53. The molecule has 0 radical (unpaired) electrons. The fourth-order valence-corrected chi connectivity index (χ4v) is 2.92. The van der Waals surface area contributed by atoms with E-state index in [1.165, 1.54) is 19.3 Å². The quantitative estimate of drug-likeness (QED) is 0.759. The van der Waals surface area contributed by atoms with Gasteiger partial charge in [-0.3, -0.25) is 0 Å². The van der Waals surface area contributed by atoms with Crippen molar-refractivity contribution in [2.24, 2.45) is 5.92 Å². The first-order chi connectivity index (χ1) is 8.83. The largest absolute Gasteiger partial charge is 0.490 e. The lowest BCUT2D eigenvalue weighted by Crippen LogP contribution is -2.13. The van der Waals surface area contributed by atoms with Gasteiger partial charge in [0.05, 0.1) is 18.6 Å². The number of alkyl halides is 1. The molecule has 1 aromatic carbocycles. The van der Waals surface area contributed by atoms with Gasteiger partial charge in [0.25, 0.3) is 0 Å². The lowest BCUT2D eigenvalue weighted by atomic mass is 9.81. The molecule has 0 aromatic heterocycles. The molecule has 0 bridgehead atoms. The van der Waals surface area contributed by atoms with Crippen LogP contribution < -0.4 is 9.47 Å². The Morgan fingerprint density at radius 1 is 1.11 bits per heavy atom. The average Bonchev–Trinajstić information content (AvgIpc) is 2.57. The number of fused-ring (bicyclic) bond motifs is 1. The van der Waals surface area contributed by atoms with Crippen LogP contribution in [0.2, 0.25) is 0 Å². The molecular formula is C15H19ClO2. The summed E-state index contributed by atoms with van der Waals surface area (Å²) in [5.41, 5.74) is 1.16. The van der Waals surface area contributed by atoms with E-state index in [9.17, 15) is 0 Å². The van der Waals surface area contributed by atoms with Gasteiger partial charge in [-0.2, -0.15) is 0 Å². The highest BCUT2D eigenvalue weighted by molar-refractivity contribution is 6.20. The summed E-state index contributed by atoms with van der Waals surface area (Å²) in [5.74, 6) is 2.52. The first kappa shape index (κ1) is 12.2. The Balaban J connectivity index is 1.73. The molecule has 0 amide bonds. The van der Waals surface area contributed by atoms with Gasteiger partial charge in [0.1, 0.15) is 0 Å². The highest BCUT2D eigenvalue weighted by atomic mass is 35.5. The Hall–Kier alpha value is -0.890. The first-order valence-corrected chi connectivity index (χ1v) is 7.30. The molecule has 98 valence electrons. The van der Waals surface area contributed by atoms with Crippen LogP contribution in [-0.2, 0) is 0 Å². The highest BCUT2D eigenvalue weighted by Crippen LogP contribution is 2.40. The van der Waals surface area contributed by atoms with Crippen LogP contribution in [0.25, 0.3) is 0 Å². The topological polar surface area (TPSA) is 18.5 Å². The second-order valence-corrected chi connectivity index (χ2v) is 5.78. The molecule has 1 aromatic rings. The minimum absolute atomic E-state index is 0.104. The number of halogens is 1. The maximum Gasteiger partial charge on any atom is 0.161 e. The van der Waals surface area contributed by atoms with E-state index < -0.39 is 0 Å². The molecule has 1 fully saturated rings. The highest BCUT2D eigenvalue weighted by Gasteiger charge is 2.22. The second-order valence-electron chi connectivity index (χ2n) is 5.26. The van der Waals surface area contributed by atoms with E-state index in [4.69, 9.17) is 21.1 Å². The average molecular weight is 267 g/mol. The lowest BCUT2D eigenvalue weighted by Gasteiger charge is -2.27. The SMILES string of the molecule is ClC(CC1CCC1)c1ccc2c(c1)OCCCO2. The van der Waals surface area contributed by atoms with Crippen LogP contribution in [0.3, 0.4) is 0 Å². The van der Waals surface area contributed by atoms with Crippen LogP contribution in [0.1, 0.15) is 43.0 Å². The zero-order valence-corrected chi connectivity index (χ0v) is 11.3. The normalized spacial score (nSPS) is 20.9. The lowest BCUT2D eigenvalue weighted by molar-refractivity contribution is 0.292. The van der Waals surface area contributed by atoms with Crippen molar-refractivity contribution in [1.29, 1.82) is 0 Å². The van der Waals surface area contributed by atoms with Crippen LogP contribution in [0.15, 0.2) is 18.2 Å². The monoisotopic (exact) mass is 266 g/mol. The Kier molecular flexibility index (Phi) is 3.64. The summed E-state index contributed by atoms with van der Waals surface area (Å²) in [6.07, 6.45) is 6.08. The van der Waals surface area contributed by atoms with Gasteiger partial charge in [0.2, 0.25) is 0 Å². The summed E-state index contributed by atoms with van der Waals surface area (Å²) >= 11 is 6.50. The summed E-state index contributed by atoms with van der Waals surface area (Å²) in [6, 6.07) is 6.12. The van der Waals surface area contributed by atoms with E-state index in [-0.39, 0.29) is 5.38 Å². The molecule has 3 rings (SSSR count). The maximum atomic E-state index is 6.50. The minimum atomic E-state index is 0.104. The number of ether oxygens (including phenoxy) is 2. The van der Waals surface area contributed by atoms with Crippen molar-refractivity contribution in [3.05, 3.63) is 23.8 Å². The first-order valence-electron chi connectivity index (χ1n) is 6.86. The molecule has 1 saturated carbocycles. The van der Waals surface area contributed by atoms with E-state index in [2.05, 4.69) is 12.1 Å². The Labute approximate surface area is 113 Å². The van der Waals surface area contributed by atoms with E-state index in [0.717, 1.165) is 49.0 Å². The zero-order valence-electron chi connectivity index (χ0n) is 10.5. The summed E-state index contributed by atoms with van der Waals surface area (Å²) in [7, 11) is 0. The maximum absolute atomic E-state index is 6.50. The van der Waals surface area contributed by atoms with Gasteiger partial charge in [0.15, 0.2) is 11.5 Å². The molecule has 1 aliphatic carbocycles. The summed E-state index contributed by atoms with van der Waals surface area (Å²) in [4.78, 5) is 0. The van der Waals surface area contributed by atoms with Crippen molar-refractivity contribution in [3.8, 4) is 11.5 Å². The van der Waals surface area contributed by atoms with Crippen molar-refractivity contribution in [1.82, 2.24) is 0 Å². The van der Waals surface area contributed by atoms with Crippen LogP contribution >= 0.6 is 11.6 Å². The number of hydrogen-bond acceptors (Lipinski definition) is 2. The molecular weight excluding hydrogens is 248 g/mol. The predicted molar refractivity (Wildman–Crippen MR) is 72.6 cm³/mol. The number of rotatable bonds is 3. The number of hydrogen-bond donors (Lipinski definition) is 0. The van der Waals surface area contributed by atoms with Crippen molar-refractivity contribution in [2.75, 3.05) is 13.2 Å². The van der Waals surface area contributed by atoms with Gasteiger partial charge >= 0.3 is 0 Å². The Morgan fingerprint density at radius 3 is 2.61 bits per heavy atom. The van der Waals surface area contributed by atoms with Gasteiger partial charge in [-0.25, -0.2) is 0 Å². The molecule has 1 heterocycles. The molecule has 2 aliphatic rings. The third-order valence-corrected chi connectivity index (χ3v) is 4.33. The molecule has 18 heavy (non-hydrogen) atoms. The molecule has 1 atom stereocenters. The standard InChI is InChI=1S/C15H19ClO2/c16-13(9-11-3-1-4-11)12-5-6-14-15(10-12)18-8-2-7-17-14/h5-6,10-11,13H,1-4,7-9H2. The fraction of sp³-hybridized carbons (Fsp3) is 0.600. The van der Waals surface area contributed by atoms with Crippen molar-refractivity contribution < 1.29 is 9.47 Å². The predicted octanol–water partition coefficient (Wildman–Crippen LogP) is 4.32. The van der Waals surface area contributed by atoms with Crippen LogP contribution in [0.5, 0.6) is 11.5 Å². The van der Waals surface area contributed by atoms with E-state index in [0.29, 0.717) is 0 Å². The summed E-state index contributed by atoms with van der Waals surface area (Å²) in [5, 5.41) is 0.104. The van der Waals surface area contributed by atoms with Gasteiger partial charge < -0.3 is 9.47 Å². The van der Waals surface area contributed by atoms with Crippen molar-refractivity contribution >= 4 is 11.6 Å². The van der Waals surface area contributed by atoms with E-state index >= 15 is 0 Å². The van der Waals surface area contributed by atoms with Crippen LogP contribution in [0, 0.1) is 5.92 Å². The van der Waals surface area contributed by atoms with Crippen LogP contribution in [0.4, 0.5) is 0 Å². The Bertz CT molecular complexity index is 415. The molecule has 1 aliphatic heterocycles. The molecule has 3 heteroatoms. The number of benzene rings is 1. The summed E-state index contributed by atoms with van der Waals surface area (Å²) in [6.45, 7) is 1.46. The Morgan fingerprint density at radius 2 is 1.89 bits per heavy atom. The third kappa shape index (κ3) is 2.59. The molecule has 0 N–H and O–H groups in total. The van der Waals surface area contributed by atoms with Crippen LogP contribution in [-0.4, -0.2) is 13.2 Å².